The molecule has 0 spiro atoms. The van der Waals surface area contributed by atoms with E-state index in [0.29, 0.717) is 25.2 Å². The second-order valence-corrected chi connectivity index (χ2v) is 9.99. The number of nitrogens with zero attached hydrogens (tertiary/aromatic N) is 2. The van der Waals surface area contributed by atoms with Gasteiger partial charge in [-0.3, -0.25) is 4.79 Å². The fourth-order valence-electron chi connectivity index (χ4n) is 3.95. The molecule has 162 valence electrons. The topological polar surface area (TPSA) is 66.9 Å². The molecule has 0 bridgehead atoms. The Balaban J connectivity index is 1.98. The van der Waals surface area contributed by atoms with Gasteiger partial charge in [-0.2, -0.15) is 4.31 Å². The summed E-state index contributed by atoms with van der Waals surface area (Å²) in [6.45, 7) is 4.90. The summed E-state index contributed by atoms with van der Waals surface area (Å²) < 4.78 is 33.8. The molecule has 1 heterocycles. The van der Waals surface area contributed by atoms with Gasteiger partial charge in [-0.15, -0.1) is 0 Å². The molecule has 6 nitrogen and oxygen atoms in total. The highest BCUT2D eigenvalue weighted by atomic mass is 79.9. The lowest BCUT2D eigenvalue weighted by molar-refractivity contribution is 0.0735. The minimum absolute atomic E-state index is 0.0257. The van der Waals surface area contributed by atoms with E-state index in [9.17, 15) is 13.2 Å². The second-order valence-electron chi connectivity index (χ2n) is 7.17. The molecule has 1 amide bonds. The van der Waals surface area contributed by atoms with Crippen molar-refractivity contribution in [3.63, 3.8) is 0 Å². The second kappa shape index (κ2) is 9.49. The van der Waals surface area contributed by atoms with Crippen LogP contribution in [0.15, 0.2) is 51.8 Å². The first-order valence-corrected chi connectivity index (χ1v) is 12.3. The predicted octanol–water partition coefficient (Wildman–Crippen LogP) is 4.47. The Hall–Kier alpha value is -1.90. The van der Waals surface area contributed by atoms with Crippen LogP contribution in [0.4, 0.5) is 0 Å². The fourth-order valence-corrected chi connectivity index (χ4v) is 6.01. The number of methoxy groups -OCH3 is 1. The molecule has 1 saturated heterocycles. The molecule has 30 heavy (non-hydrogen) atoms. The van der Waals surface area contributed by atoms with E-state index in [1.165, 1.54) is 17.5 Å². The largest absolute Gasteiger partial charge is 0.495 e. The third-order valence-electron chi connectivity index (χ3n) is 5.48. The minimum atomic E-state index is -3.76. The molecule has 3 rings (SSSR count). The summed E-state index contributed by atoms with van der Waals surface area (Å²) >= 11 is 3.50. The summed E-state index contributed by atoms with van der Waals surface area (Å²) in [6.07, 6.45) is 1.78. The van der Waals surface area contributed by atoms with Gasteiger partial charge in [0.1, 0.15) is 10.6 Å². The van der Waals surface area contributed by atoms with Gasteiger partial charge < -0.3 is 9.64 Å². The summed E-state index contributed by atoms with van der Waals surface area (Å²) in [5.74, 6) is 0.0690. The van der Waals surface area contributed by atoms with Crippen molar-refractivity contribution in [1.29, 1.82) is 0 Å². The van der Waals surface area contributed by atoms with Gasteiger partial charge >= 0.3 is 0 Å². The molecule has 1 fully saturated rings. The quantitative estimate of drug-likeness (QED) is 0.569. The summed E-state index contributed by atoms with van der Waals surface area (Å²) in [4.78, 5) is 15.2. The number of likely N-dealkylation sites (tertiary alicyclic amines) is 1. The van der Waals surface area contributed by atoms with E-state index in [-0.39, 0.29) is 22.6 Å². The zero-order valence-corrected chi connectivity index (χ0v) is 19.9. The number of amides is 1. The van der Waals surface area contributed by atoms with Gasteiger partial charge in [0.05, 0.1) is 13.2 Å². The number of carbonyl (C=O) groups excluding carboxylic acids is 1. The lowest BCUT2D eigenvalue weighted by Gasteiger charge is -2.26. The maximum atomic E-state index is 13.4. The summed E-state index contributed by atoms with van der Waals surface area (Å²) in [7, 11) is -2.33. The van der Waals surface area contributed by atoms with Crippen LogP contribution in [-0.4, -0.2) is 50.3 Å². The molecule has 1 unspecified atom stereocenters. The van der Waals surface area contributed by atoms with E-state index in [2.05, 4.69) is 15.9 Å². The third kappa shape index (κ3) is 4.40. The van der Waals surface area contributed by atoms with Gasteiger partial charge in [0.15, 0.2) is 0 Å². The molecule has 0 saturated carbocycles. The van der Waals surface area contributed by atoms with Crippen LogP contribution in [0.5, 0.6) is 5.75 Å². The molecule has 0 N–H and O–H groups in total. The molecule has 0 aliphatic carbocycles. The van der Waals surface area contributed by atoms with Crippen molar-refractivity contribution in [1.82, 2.24) is 9.21 Å². The first-order valence-electron chi connectivity index (χ1n) is 10.1. The van der Waals surface area contributed by atoms with E-state index >= 15 is 0 Å². The number of ether oxygens (including phenoxy) is 1. The molecule has 1 aliphatic heterocycles. The van der Waals surface area contributed by atoms with Crippen LogP contribution in [0.3, 0.4) is 0 Å². The highest BCUT2D eigenvalue weighted by Gasteiger charge is 2.32. The van der Waals surface area contributed by atoms with Crippen LogP contribution < -0.4 is 4.74 Å². The molecule has 2 aromatic carbocycles. The average molecular weight is 495 g/mol. The van der Waals surface area contributed by atoms with Gasteiger partial charge in [-0.1, -0.05) is 41.9 Å². The molecular weight excluding hydrogens is 468 g/mol. The summed E-state index contributed by atoms with van der Waals surface area (Å²) in [5.41, 5.74) is 1.42. The first kappa shape index (κ1) is 22.8. The molecule has 0 aromatic heterocycles. The smallest absolute Gasteiger partial charge is 0.254 e. The Bertz CT molecular complexity index is 1020. The van der Waals surface area contributed by atoms with Gasteiger partial charge in [0.25, 0.3) is 5.91 Å². The number of rotatable bonds is 7. The normalized spacial score (nSPS) is 16.8. The van der Waals surface area contributed by atoms with Crippen LogP contribution in [0.2, 0.25) is 0 Å². The first-order chi connectivity index (χ1) is 14.3. The maximum absolute atomic E-state index is 13.4. The Labute approximate surface area is 187 Å². The summed E-state index contributed by atoms with van der Waals surface area (Å²) in [5, 5.41) is 0. The van der Waals surface area contributed by atoms with Crippen molar-refractivity contribution in [2.24, 2.45) is 0 Å². The van der Waals surface area contributed by atoms with E-state index in [1.54, 1.807) is 26.0 Å². The van der Waals surface area contributed by atoms with Crippen molar-refractivity contribution in [2.75, 3.05) is 26.7 Å². The Kier molecular flexibility index (Phi) is 7.21. The number of halogens is 1. The standard InChI is InChI=1S/C22H27BrN2O4S/c1-4-24(5-2)30(27,28)21-15-17(11-12-20(21)29-3)22(26)25-13-7-10-19(25)16-8-6-9-18(23)14-16/h6,8-9,11-12,14-15,19H,4-5,7,10,13H2,1-3H3. The monoisotopic (exact) mass is 494 g/mol. The number of hydrogen-bond acceptors (Lipinski definition) is 4. The molecule has 0 radical (unpaired) electrons. The fraction of sp³-hybridized carbons (Fsp3) is 0.409. The molecular formula is C22H27BrN2O4S. The Morgan fingerprint density at radius 3 is 2.57 bits per heavy atom. The van der Waals surface area contributed by atoms with E-state index in [1.807, 2.05) is 29.2 Å². The van der Waals surface area contributed by atoms with Gasteiger partial charge in [0.2, 0.25) is 10.0 Å². The molecule has 2 aromatic rings. The number of carbonyl (C=O) groups is 1. The van der Waals surface area contributed by atoms with Gasteiger partial charge in [-0.05, 0) is 48.7 Å². The van der Waals surface area contributed by atoms with Crippen molar-refractivity contribution < 1.29 is 17.9 Å². The number of benzene rings is 2. The van der Waals surface area contributed by atoms with E-state index in [0.717, 1.165) is 22.9 Å². The van der Waals surface area contributed by atoms with Crippen molar-refractivity contribution >= 4 is 31.9 Å². The van der Waals surface area contributed by atoms with Crippen molar-refractivity contribution in [3.8, 4) is 5.75 Å². The van der Waals surface area contributed by atoms with E-state index in [4.69, 9.17) is 4.74 Å². The third-order valence-corrected chi connectivity index (χ3v) is 8.05. The SMILES string of the molecule is CCN(CC)S(=O)(=O)c1cc(C(=O)N2CCCC2c2cccc(Br)c2)ccc1OC. The van der Waals surface area contributed by atoms with Crippen LogP contribution in [0, 0.1) is 0 Å². The van der Waals surface area contributed by atoms with E-state index < -0.39 is 10.0 Å². The molecule has 1 atom stereocenters. The predicted molar refractivity (Wildman–Crippen MR) is 120 cm³/mol. The lowest BCUT2D eigenvalue weighted by atomic mass is 10.0. The van der Waals surface area contributed by atoms with Crippen LogP contribution >= 0.6 is 15.9 Å². The Morgan fingerprint density at radius 1 is 1.20 bits per heavy atom. The maximum Gasteiger partial charge on any atom is 0.254 e. The van der Waals surface area contributed by atoms with Crippen molar-refractivity contribution in [3.05, 3.63) is 58.1 Å². The van der Waals surface area contributed by atoms with Gasteiger partial charge in [-0.25, -0.2) is 8.42 Å². The highest BCUT2D eigenvalue weighted by molar-refractivity contribution is 9.10. The molecule has 8 heteroatoms. The zero-order chi connectivity index (χ0) is 21.9. The lowest BCUT2D eigenvalue weighted by Crippen LogP contribution is -2.32. The zero-order valence-electron chi connectivity index (χ0n) is 17.5. The summed E-state index contributed by atoms with van der Waals surface area (Å²) in [6, 6.07) is 12.6. The average Bonchev–Trinajstić information content (AvgIpc) is 3.23. The Morgan fingerprint density at radius 2 is 1.93 bits per heavy atom. The van der Waals surface area contributed by atoms with Crippen LogP contribution in [0.1, 0.15) is 48.7 Å². The van der Waals surface area contributed by atoms with Crippen LogP contribution in [-0.2, 0) is 10.0 Å². The number of sulfonamides is 1. The van der Waals surface area contributed by atoms with Crippen LogP contribution in [0.25, 0.3) is 0 Å². The van der Waals surface area contributed by atoms with Gasteiger partial charge in [0, 0.05) is 29.7 Å². The molecule has 1 aliphatic rings. The highest BCUT2D eigenvalue weighted by Crippen LogP contribution is 2.35. The number of hydrogen-bond donors (Lipinski definition) is 0. The minimum Gasteiger partial charge on any atom is -0.495 e. The van der Waals surface area contributed by atoms with Crippen molar-refractivity contribution in [2.45, 2.75) is 37.6 Å².